The molecule has 0 fully saturated rings. The molecule has 0 aromatic heterocycles. The third kappa shape index (κ3) is 4.17. The van der Waals surface area contributed by atoms with Gasteiger partial charge in [-0.2, -0.15) is 0 Å². The van der Waals surface area contributed by atoms with Crippen LogP contribution >= 0.6 is 0 Å². The van der Waals surface area contributed by atoms with Crippen molar-refractivity contribution in [3.05, 3.63) is 83.8 Å². The number of carbonyl (C=O) groups excluding carboxylic acids is 2. The van der Waals surface area contributed by atoms with Crippen molar-refractivity contribution in [2.75, 3.05) is 43.4 Å². The molecule has 174 valence electrons. The van der Waals surface area contributed by atoms with Gasteiger partial charge in [0.15, 0.2) is 11.5 Å². The minimum atomic E-state index is -0.543. The highest BCUT2D eigenvalue weighted by Crippen LogP contribution is 2.37. The molecule has 3 aromatic rings. The van der Waals surface area contributed by atoms with Crippen LogP contribution in [0.15, 0.2) is 72.4 Å². The first-order valence-corrected chi connectivity index (χ1v) is 10.5. The van der Waals surface area contributed by atoms with Crippen LogP contribution < -0.4 is 24.6 Å². The number of imide groups is 1. The number of nitrogens with zero attached hydrogens (tertiary/aromatic N) is 2. The van der Waals surface area contributed by atoms with Gasteiger partial charge < -0.3 is 19.7 Å². The monoisotopic (exact) mass is 461 g/mol. The van der Waals surface area contributed by atoms with E-state index in [-0.39, 0.29) is 17.0 Å². The smallest absolute Gasteiger partial charge is 0.282 e. The Morgan fingerprint density at radius 3 is 2.06 bits per heavy atom. The predicted molar refractivity (Wildman–Crippen MR) is 130 cm³/mol. The molecule has 1 aliphatic rings. The van der Waals surface area contributed by atoms with E-state index >= 15 is 0 Å². The second kappa shape index (κ2) is 9.27. The Morgan fingerprint density at radius 1 is 0.824 bits per heavy atom. The number of amides is 2. The molecule has 0 spiro atoms. The maximum atomic E-state index is 13.5. The average Bonchev–Trinajstić information content (AvgIpc) is 3.08. The molecule has 1 aliphatic heterocycles. The zero-order valence-electron chi connectivity index (χ0n) is 19.3. The van der Waals surface area contributed by atoms with E-state index in [9.17, 15) is 14.0 Å². The van der Waals surface area contributed by atoms with Crippen LogP contribution in [-0.4, -0.2) is 40.1 Å². The number of anilines is 3. The molecule has 1 N–H and O–H groups in total. The van der Waals surface area contributed by atoms with E-state index in [2.05, 4.69) is 5.32 Å². The SMILES string of the molecule is COc1ccc(C2=C(Nc3ccc(N(C)C)cc3)C(=O)N(c3ccc(F)cc3)C2=O)cc1OC. The standard InChI is InChI=1S/C26H24FN3O4/c1-29(2)19-12-8-18(9-13-19)28-24-23(16-5-14-21(33-3)22(15-16)34-4)25(31)30(26(24)32)20-10-6-17(27)7-11-20/h5-15,28H,1-4H3. The molecule has 0 aliphatic carbocycles. The van der Waals surface area contributed by atoms with Gasteiger partial charge in [0.1, 0.15) is 11.5 Å². The highest BCUT2D eigenvalue weighted by Gasteiger charge is 2.40. The van der Waals surface area contributed by atoms with Gasteiger partial charge in [-0.3, -0.25) is 9.59 Å². The average molecular weight is 461 g/mol. The Balaban J connectivity index is 1.81. The van der Waals surface area contributed by atoms with E-state index in [0.717, 1.165) is 10.6 Å². The summed E-state index contributed by atoms with van der Waals surface area (Å²) in [5, 5.41) is 3.12. The minimum absolute atomic E-state index is 0.110. The summed E-state index contributed by atoms with van der Waals surface area (Å²) in [6.45, 7) is 0. The summed E-state index contributed by atoms with van der Waals surface area (Å²) in [6, 6.07) is 17.7. The molecular formula is C26H24FN3O4. The van der Waals surface area contributed by atoms with Crippen LogP contribution in [0.25, 0.3) is 5.57 Å². The Hall–Kier alpha value is -4.33. The van der Waals surface area contributed by atoms with Crippen molar-refractivity contribution in [3.63, 3.8) is 0 Å². The fourth-order valence-corrected chi connectivity index (χ4v) is 3.72. The van der Waals surface area contributed by atoms with Gasteiger partial charge in [0.05, 0.1) is 25.5 Å². The number of ether oxygens (including phenoxy) is 2. The van der Waals surface area contributed by atoms with Crippen molar-refractivity contribution < 1.29 is 23.5 Å². The molecular weight excluding hydrogens is 437 g/mol. The van der Waals surface area contributed by atoms with Gasteiger partial charge in [0.25, 0.3) is 11.8 Å². The number of hydrogen-bond acceptors (Lipinski definition) is 6. The van der Waals surface area contributed by atoms with E-state index < -0.39 is 17.6 Å². The normalized spacial score (nSPS) is 13.4. The number of carbonyl (C=O) groups is 2. The first-order chi connectivity index (χ1) is 16.3. The number of hydrogen-bond donors (Lipinski definition) is 1. The number of nitrogens with one attached hydrogen (secondary N) is 1. The summed E-state index contributed by atoms with van der Waals surface area (Å²) in [4.78, 5) is 30.0. The molecule has 7 nitrogen and oxygen atoms in total. The Labute approximate surface area is 197 Å². The highest BCUT2D eigenvalue weighted by atomic mass is 19.1. The van der Waals surface area contributed by atoms with Gasteiger partial charge in [-0.1, -0.05) is 6.07 Å². The zero-order chi connectivity index (χ0) is 24.4. The first-order valence-electron chi connectivity index (χ1n) is 10.5. The molecule has 0 atom stereocenters. The molecule has 0 radical (unpaired) electrons. The zero-order valence-corrected chi connectivity index (χ0v) is 19.3. The molecule has 0 unspecified atom stereocenters. The van der Waals surface area contributed by atoms with Crippen LogP contribution in [0.4, 0.5) is 21.5 Å². The Kier molecular flexibility index (Phi) is 6.23. The quantitative estimate of drug-likeness (QED) is 0.529. The summed E-state index contributed by atoms with van der Waals surface area (Å²) in [7, 11) is 6.87. The van der Waals surface area contributed by atoms with Gasteiger partial charge >= 0.3 is 0 Å². The van der Waals surface area contributed by atoms with Crippen LogP contribution in [0.1, 0.15) is 5.56 Å². The van der Waals surface area contributed by atoms with E-state index in [4.69, 9.17) is 9.47 Å². The number of methoxy groups -OCH3 is 2. The predicted octanol–water partition coefficient (Wildman–Crippen LogP) is 4.31. The Morgan fingerprint density at radius 2 is 1.47 bits per heavy atom. The lowest BCUT2D eigenvalue weighted by molar-refractivity contribution is -0.120. The topological polar surface area (TPSA) is 71.1 Å². The molecule has 3 aromatic carbocycles. The van der Waals surface area contributed by atoms with Gasteiger partial charge in [0.2, 0.25) is 0 Å². The summed E-state index contributed by atoms with van der Waals surface area (Å²) in [5.74, 6) is -0.625. The maximum absolute atomic E-state index is 13.5. The summed E-state index contributed by atoms with van der Waals surface area (Å²) in [5.41, 5.74) is 2.66. The second-order valence-corrected chi connectivity index (χ2v) is 7.81. The number of benzene rings is 3. The highest BCUT2D eigenvalue weighted by molar-refractivity contribution is 6.46. The summed E-state index contributed by atoms with van der Waals surface area (Å²) < 4.78 is 24.2. The fourth-order valence-electron chi connectivity index (χ4n) is 3.72. The fraction of sp³-hybridized carbons (Fsp3) is 0.154. The first kappa shape index (κ1) is 22.8. The Bertz CT molecular complexity index is 1270. The van der Waals surface area contributed by atoms with Crippen LogP contribution in [0.5, 0.6) is 11.5 Å². The van der Waals surface area contributed by atoms with Crippen molar-refractivity contribution in [3.8, 4) is 11.5 Å². The van der Waals surface area contributed by atoms with Crippen molar-refractivity contribution >= 4 is 34.4 Å². The van der Waals surface area contributed by atoms with E-state index in [1.807, 2.05) is 43.3 Å². The second-order valence-electron chi connectivity index (χ2n) is 7.81. The molecule has 34 heavy (non-hydrogen) atoms. The molecule has 0 saturated heterocycles. The lowest BCUT2D eigenvalue weighted by Gasteiger charge is -2.16. The van der Waals surface area contributed by atoms with Crippen molar-refractivity contribution in [2.24, 2.45) is 0 Å². The molecule has 1 heterocycles. The van der Waals surface area contributed by atoms with Crippen LogP contribution in [0, 0.1) is 5.82 Å². The van der Waals surface area contributed by atoms with Gasteiger partial charge in [-0.05, 0) is 66.2 Å². The van der Waals surface area contributed by atoms with E-state index in [1.54, 1.807) is 18.2 Å². The van der Waals surface area contributed by atoms with Crippen LogP contribution in [-0.2, 0) is 9.59 Å². The van der Waals surface area contributed by atoms with Crippen molar-refractivity contribution in [1.82, 2.24) is 0 Å². The number of rotatable bonds is 7. The van der Waals surface area contributed by atoms with Crippen LogP contribution in [0.2, 0.25) is 0 Å². The van der Waals surface area contributed by atoms with Crippen molar-refractivity contribution in [2.45, 2.75) is 0 Å². The molecule has 0 saturated carbocycles. The molecule has 2 amide bonds. The third-order valence-corrected chi connectivity index (χ3v) is 5.49. The van der Waals surface area contributed by atoms with Crippen LogP contribution in [0.3, 0.4) is 0 Å². The van der Waals surface area contributed by atoms with Gasteiger partial charge in [0, 0.05) is 25.5 Å². The molecule has 4 rings (SSSR count). The molecule has 8 heteroatoms. The third-order valence-electron chi connectivity index (χ3n) is 5.49. The largest absolute Gasteiger partial charge is 0.493 e. The van der Waals surface area contributed by atoms with E-state index in [1.165, 1.54) is 38.5 Å². The maximum Gasteiger partial charge on any atom is 0.282 e. The molecule has 0 bridgehead atoms. The van der Waals surface area contributed by atoms with Gasteiger partial charge in [-0.25, -0.2) is 9.29 Å². The van der Waals surface area contributed by atoms with Crippen molar-refractivity contribution in [1.29, 1.82) is 0 Å². The lowest BCUT2D eigenvalue weighted by atomic mass is 10.0. The number of halogens is 1. The summed E-state index contributed by atoms with van der Waals surface area (Å²) in [6.07, 6.45) is 0. The minimum Gasteiger partial charge on any atom is -0.493 e. The van der Waals surface area contributed by atoms with E-state index in [0.29, 0.717) is 22.7 Å². The summed E-state index contributed by atoms with van der Waals surface area (Å²) >= 11 is 0. The lowest BCUT2D eigenvalue weighted by Crippen LogP contribution is -2.32. The van der Waals surface area contributed by atoms with Gasteiger partial charge in [-0.15, -0.1) is 0 Å².